The van der Waals surface area contributed by atoms with Gasteiger partial charge in [-0.1, -0.05) is 0 Å². The lowest BCUT2D eigenvalue weighted by atomic mass is 10.2. The number of benzene rings is 3. The smallest absolute Gasteiger partial charge is 0.304 e. The number of piperazine rings is 3. The van der Waals surface area contributed by atoms with E-state index in [0.717, 1.165) is 71.2 Å². The Morgan fingerprint density at radius 2 is 0.947 bits per heavy atom. The van der Waals surface area contributed by atoms with Crippen molar-refractivity contribution in [1.82, 2.24) is 14.7 Å². The molecular formula is C37H54F3N9O8. The second kappa shape index (κ2) is 24.1. The van der Waals surface area contributed by atoms with Crippen LogP contribution in [0.2, 0.25) is 0 Å². The third kappa shape index (κ3) is 14.3. The molecule has 0 bridgehead atoms. The number of hydrogen-bond donors (Lipinski definition) is 5. The average Bonchev–Trinajstić information content (AvgIpc) is 3.21. The number of aliphatic hydroxyl groups is 4. The van der Waals surface area contributed by atoms with Gasteiger partial charge >= 0.3 is 5.69 Å². The molecule has 0 spiro atoms. The van der Waals surface area contributed by atoms with E-state index in [1.807, 2.05) is 15.9 Å². The van der Waals surface area contributed by atoms with E-state index in [0.29, 0.717) is 57.2 Å². The highest BCUT2D eigenvalue weighted by Gasteiger charge is 2.24. The summed E-state index contributed by atoms with van der Waals surface area (Å²) in [4.78, 5) is 32.6. The average molecular weight is 810 g/mol. The number of nitrogens with zero attached hydrogens (tertiary/aromatic N) is 8. The molecule has 0 amide bonds. The van der Waals surface area contributed by atoms with Crippen molar-refractivity contribution in [2.45, 2.75) is 0 Å². The Hall–Kier alpha value is -4.83. The Morgan fingerprint density at radius 3 is 1.33 bits per heavy atom. The van der Waals surface area contributed by atoms with Crippen molar-refractivity contribution >= 4 is 34.1 Å². The first-order valence-electron chi connectivity index (χ1n) is 18.6. The Bertz CT molecular complexity index is 1690. The highest BCUT2D eigenvalue weighted by molar-refractivity contribution is 5.63. The van der Waals surface area contributed by atoms with Crippen molar-refractivity contribution in [1.29, 1.82) is 0 Å². The van der Waals surface area contributed by atoms with E-state index >= 15 is 0 Å². The predicted molar refractivity (Wildman–Crippen MR) is 212 cm³/mol. The van der Waals surface area contributed by atoms with E-state index in [9.17, 15) is 33.4 Å². The van der Waals surface area contributed by atoms with Crippen LogP contribution in [0.3, 0.4) is 0 Å². The summed E-state index contributed by atoms with van der Waals surface area (Å²) in [6.07, 6.45) is 0. The topological polar surface area (TPSA) is 213 Å². The van der Waals surface area contributed by atoms with Crippen molar-refractivity contribution in [2.24, 2.45) is 0 Å². The minimum Gasteiger partial charge on any atom is -0.400 e. The predicted octanol–water partition coefficient (Wildman–Crippen LogP) is 1.83. The van der Waals surface area contributed by atoms with Gasteiger partial charge in [0, 0.05) is 141 Å². The molecule has 17 nitrogen and oxygen atoms in total. The molecule has 3 heterocycles. The van der Waals surface area contributed by atoms with Gasteiger partial charge in [-0.05, 0) is 30.3 Å². The number of anilines is 4. The molecule has 0 aliphatic carbocycles. The highest BCUT2D eigenvalue weighted by atomic mass is 19.1. The molecule has 20 heteroatoms. The highest BCUT2D eigenvalue weighted by Crippen LogP contribution is 2.30. The summed E-state index contributed by atoms with van der Waals surface area (Å²) in [7, 11) is 1.00. The molecule has 0 unspecified atom stereocenters. The Morgan fingerprint density at radius 1 is 0.561 bits per heavy atom. The summed E-state index contributed by atoms with van der Waals surface area (Å²) < 4.78 is 40.1. The minimum atomic E-state index is -0.805. The second-order valence-electron chi connectivity index (χ2n) is 13.1. The number of hydrogen-bond acceptors (Lipinski definition) is 15. The number of aliphatic hydroxyl groups excluding tert-OH is 4. The van der Waals surface area contributed by atoms with E-state index in [1.165, 1.54) is 30.3 Å². The summed E-state index contributed by atoms with van der Waals surface area (Å²) in [6, 6.07) is 12.4. The molecule has 0 saturated carbocycles. The number of nitro benzene ring substituents is 2. The first-order valence-corrected chi connectivity index (χ1v) is 18.6. The van der Waals surface area contributed by atoms with Crippen LogP contribution in [-0.4, -0.2) is 170 Å². The molecule has 3 aliphatic heterocycles. The van der Waals surface area contributed by atoms with Crippen LogP contribution in [-0.2, 0) is 0 Å². The first kappa shape index (κ1) is 46.6. The van der Waals surface area contributed by atoms with Gasteiger partial charge in [-0.15, -0.1) is 0 Å². The van der Waals surface area contributed by atoms with Gasteiger partial charge in [0.25, 0.3) is 5.69 Å². The van der Waals surface area contributed by atoms with E-state index in [-0.39, 0.29) is 37.0 Å². The molecule has 0 atom stereocenters. The number of rotatable bonds is 11. The zero-order valence-corrected chi connectivity index (χ0v) is 32.1. The molecule has 6 rings (SSSR count). The van der Waals surface area contributed by atoms with Crippen LogP contribution < -0.4 is 20.4 Å². The number of halogens is 3. The maximum Gasteiger partial charge on any atom is 0.304 e. The third-order valence-corrected chi connectivity index (χ3v) is 9.68. The summed E-state index contributed by atoms with van der Waals surface area (Å²) >= 11 is 0. The van der Waals surface area contributed by atoms with Gasteiger partial charge in [0.15, 0.2) is 0 Å². The second-order valence-corrected chi connectivity index (χ2v) is 13.1. The van der Waals surface area contributed by atoms with Gasteiger partial charge in [-0.25, -0.2) is 8.78 Å². The quantitative estimate of drug-likeness (QED) is 0.106. The van der Waals surface area contributed by atoms with E-state index in [4.69, 9.17) is 26.2 Å². The van der Waals surface area contributed by atoms with Crippen molar-refractivity contribution in [3.05, 3.63) is 92.3 Å². The molecule has 6 N–H and O–H groups in total. The molecule has 3 fully saturated rings. The maximum atomic E-state index is 13.5. The first-order chi connectivity index (χ1) is 27.4. The Labute approximate surface area is 329 Å². The van der Waals surface area contributed by atoms with Gasteiger partial charge in [0.1, 0.15) is 17.3 Å². The molecule has 0 aromatic heterocycles. The fourth-order valence-electron chi connectivity index (χ4n) is 6.55. The van der Waals surface area contributed by atoms with E-state index in [1.54, 1.807) is 12.1 Å². The Balaban J connectivity index is 0.000000224. The van der Waals surface area contributed by atoms with Gasteiger partial charge in [-0.2, -0.15) is 4.39 Å². The van der Waals surface area contributed by atoms with Crippen LogP contribution in [0.1, 0.15) is 0 Å². The summed E-state index contributed by atoms with van der Waals surface area (Å²) in [5.74, 6) is -1.64. The molecule has 316 valence electrons. The number of nitrogens with two attached hydrogens (primary N) is 1. The van der Waals surface area contributed by atoms with Gasteiger partial charge < -0.3 is 40.9 Å². The van der Waals surface area contributed by atoms with E-state index < -0.39 is 27.2 Å². The number of β-amino-alcohol motifs (C(OH)–C–C–N with tert-alkyl or cyclic N) is 3. The summed E-state index contributed by atoms with van der Waals surface area (Å²) in [5, 5.41) is 55.1. The van der Waals surface area contributed by atoms with Crippen molar-refractivity contribution in [3.8, 4) is 0 Å². The molecule has 0 radical (unpaired) electrons. The van der Waals surface area contributed by atoms with Crippen molar-refractivity contribution in [3.63, 3.8) is 0 Å². The van der Waals surface area contributed by atoms with Crippen molar-refractivity contribution < 1.29 is 43.4 Å². The van der Waals surface area contributed by atoms with Crippen molar-refractivity contribution in [2.75, 3.05) is 146 Å². The number of nitrogen functional groups attached to an aromatic ring is 1. The van der Waals surface area contributed by atoms with Crippen LogP contribution in [0.15, 0.2) is 54.6 Å². The third-order valence-electron chi connectivity index (χ3n) is 9.68. The lowest BCUT2D eigenvalue weighted by Crippen LogP contribution is -2.47. The summed E-state index contributed by atoms with van der Waals surface area (Å²) in [6.45, 7) is 11.5. The SMILES string of the molecule is CO.Nc1ccc(N2CCN(CCO)CC2)cc1F.O=[N+]([O-])c1ccc(F)cc1N1CCN(CCO)CC1.O=[N+]([O-])c1ccc(N2CCN(CCO)CC2)cc1F. The molecule has 3 aliphatic rings. The minimum absolute atomic E-state index is 0.0722. The molecular weight excluding hydrogens is 755 g/mol. The molecule has 3 aromatic rings. The Kier molecular flexibility index (Phi) is 19.6. The maximum absolute atomic E-state index is 13.5. The normalized spacial score (nSPS) is 16.4. The zero-order valence-electron chi connectivity index (χ0n) is 32.1. The van der Waals surface area contributed by atoms with Crippen LogP contribution >= 0.6 is 0 Å². The fourth-order valence-corrected chi connectivity index (χ4v) is 6.55. The van der Waals surface area contributed by atoms with Crippen LogP contribution in [0.25, 0.3) is 0 Å². The molecule has 3 aromatic carbocycles. The lowest BCUT2D eigenvalue weighted by Gasteiger charge is -2.35. The van der Waals surface area contributed by atoms with E-state index in [2.05, 4.69) is 19.6 Å². The molecule has 57 heavy (non-hydrogen) atoms. The van der Waals surface area contributed by atoms with Gasteiger partial charge in [0.2, 0.25) is 5.82 Å². The zero-order chi connectivity index (χ0) is 41.9. The van der Waals surface area contributed by atoms with Gasteiger partial charge in [0.05, 0.1) is 35.4 Å². The standard InChI is InChI=1S/2C12H16FN3O3.C12H18FN3O.CH4O/c13-11-9-10(1-2-12(11)16(18)19)15-5-3-14(4-6-15)7-8-17;13-10-1-2-11(16(18)19)12(9-10)15-5-3-14(4-6-15)7-8-17;13-11-9-10(1-2-12(11)14)16-5-3-15(4-6-16)7-8-17;1-2/h2*1-2,9,17H,3-8H2;1-2,9,17H,3-8,14H2;2H,1H3. The van der Waals surface area contributed by atoms with Crippen LogP contribution in [0.4, 0.5) is 47.3 Å². The largest absolute Gasteiger partial charge is 0.400 e. The van der Waals surface area contributed by atoms with Crippen LogP contribution in [0.5, 0.6) is 0 Å². The summed E-state index contributed by atoms with van der Waals surface area (Å²) in [5.41, 5.74) is 6.93. The lowest BCUT2D eigenvalue weighted by molar-refractivity contribution is -0.387. The number of nitro groups is 2. The monoisotopic (exact) mass is 809 g/mol. The van der Waals surface area contributed by atoms with Gasteiger partial charge in [-0.3, -0.25) is 34.9 Å². The molecule has 3 saturated heterocycles. The van der Waals surface area contributed by atoms with Crippen LogP contribution in [0, 0.1) is 37.7 Å². The fraction of sp³-hybridized carbons (Fsp3) is 0.514.